The van der Waals surface area contributed by atoms with E-state index >= 15 is 0 Å². The molecule has 0 radical (unpaired) electrons. The molecule has 1 heterocycles. The topological polar surface area (TPSA) is 46.2 Å². The number of nitrogens with one attached hydrogen (secondary N) is 1. The molecule has 84 valence electrons. The predicted octanol–water partition coefficient (Wildman–Crippen LogP) is 1.20. The van der Waals surface area contributed by atoms with Crippen LogP contribution in [0.2, 0.25) is 0 Å². The van der Waals surface area contributed by atoms with Gasteiger partial charge >= 0.3 is 0 Å². The van der Waals surface area contributed by atoms with Crippen LogP contribution in [0.5, 0.6) is 0 Å². The van der Waals surface area contributed by atoms with Crippen LogP contribution in [0.1, 0.15) is 33.6 Å². The fourth-order valence-corrected chi connectivity index (χ4v) is 3.06. The molecule has 0 aliphatic carbocycles. The highest BCUT2D eigenvalue weighted by Gasteiger charge is 2.31. The third-order valence-electron chi connectivity index (χ3n) is 2.85. The summed E-state index contributed by atoms with van der Waals surface area (Å²) in [5.74, 6) is 0.721. The first-order valence-corrected chi connectivity index (χ1v) is 6.91. The van der Waals surface area contributed by atoms with Gasteiger partial charge in [-0.3, -0.25) is 0 Å². The van der Waals surface area contributed by atoms with E-state index in [0.29, 0.717) is 11.7 Å². The summed E-state index contributed by atoms with van der Waals surface area (Å²) in [6.07, 6.45) is 1.99. The zero-order valence-corrected chi connectivity index (χ0v) is 10.2. The molecule has 0 amide bonds. The van der Waals surface area contributed by atoms with Crippen molar-refractivity contribution in [3.63, 3.8) is 0 Å². The second-order valence-electron chi connectivity index (χ2n) is 5.09. The van der Waals surface area contributed by atoms with Gasteiger partial charge < -0.3 is 5.32 Å². The maximum Gasteiger partial charge on any atom is 0.155 e. The van der Waals surface area contributed by atoms with Crippen molar-refractivity contribution in [2.45, 2.75) is 38.4 Å². The van der Waals surface area contributed by atoms with Gasteiger partial charge in [0.05, 0.1) is 10.5 Å². The first-order chi connectivity index (χ1) is 6.33. The van der Waals surface area contributed by atoms with E-state index in [1.165, 1.54) is 0 Å². The Morgan fingerprint density at radius 3 is 2.14 bits per heavy atom. The summed E-state index contributed by atoms with van der Waals surface area (Å²) in [6, 6.07) is 0. The van der Waals surface area contributed by atoms with Gasteiger partial charge in [0.15, 0.2) is 9.84 Å². The smallest absolute Gasteiger partial charge is 0.155 e. The molecule has 1 saturated heterocycles. The van der Waals surface area contributed by atoms with Gasteiger partial charge in [-0.05, 0) is 52.6 Å². The van der Waals surface area contributed by atoms with Crippen molar-refractivity contribution in [2.75, 3.05) is 18.8 Å². The third kappa shape index (κ3) is 2.95. The average molecular weight is 219 g/mol. The lowest BCUT2D eigenvalue weighted by Crippen LogP contribution is -2.37. The lowest BCUT2D eigenvalue weighted by atomic mass is 10.0. The van der Waals surface area contributed by atoms with E-state index in [2.05, 4.69) is 5.32 Å². The Labute approximate surface area is 87.2 Å². The number of hydrogen-bond donors (Lipinski definition) is 1. The van der Waals surface area contributed by atoms with Crippen LogP contribution < -0.4 is 5.32 Å². The van der Waals surface area contributed by atoms with Gasteiger partial charge in [-0.2, -0.15) is 0 Å². The van der Waals surface area contributed by atoms with Crippen molar-refractivity contribution in [3.05, 3.63) is 0 Å². The molecule has 0 bridgehead atoms. The van der Waals surface area contributed by atoms with Crippen LogP contribution in [0.4, 0.5) is 0 Å². The molecule has 4 heteroatoms. The summed E-state index contributed by atoms with van der Waals surface area (Å²) in [4.78, 5) is 0. The summed E-state index contributed by atoms with van der Waals surface area (Å²) in [5.41, 5.74) is 0. The molecule has 1 aliphatic rings. The first kappa shape index (κ1) is 12.0. The van der Waals surface area contributed by atoms with Crippen LogP contribution in [0, 0.1) is 5.92 Å². The van der Waals surface area contributed by atoms with Crippen LogP contribution in [0.3, 0.4) is 0 Å². The second kappa shape index (κ2) is 4.19. The highest BCUT2D eigenvalue weighted by atomic mass is 32.2. The minimum atomic E-state index is -2.93. The summed E-state index contributed by atoms with van der Waals surface area (Å²) in [6.45, 7) is 7.27. The van der Waals surface area contributed by atoms with Crippen molar-refractivity contribution >= 4 is 9.84 Å². The van der Waals surface area contributed by atoms with Crippen molar-refractivity contribution < 1.29 is 8.42 Å². The Morgan fingerprint density at radius 2 is 1.71 bits per heavy atom. The molecule has 1 fully saturated rings. The third-order valence-corrected chi connectivity index (χ3v) is 5.62. The Bertz CT molecular complexity index is 271. The highest BCUT2D eigenvalue weighted by Crippen LogP contribution is 2.22. The van der Waals surface area contributed by atoms with E-state index in [4.69, 9.17) is 0 Å². The van der Waals surface area contributed by atoms with Gasteiger partial charge in [0.25, 0.3) is 0 Å². The molecule has 0 saturated carbocycles. The lowest BCUT2D eigenvalue weighted by Gasteiger charge is -2.26. The van der Waals surface area contributed by atoms with Gasteiger partial charge in [-0.25, -0.2) is 8.42 Å². The van der Waals surface area contributed by atoms with Gasteiger partial charge in [-0.1, -0.05) is 0 Å². The van der Waals surface area contributed by atoms with Crippen LogP contribution >= 0.6 is 0 Å². The molecule has 0 aromatic rings. The Balaban J connectivity index is 2.58. The van der Waals surface area contributed by atoms with Crippen LogP contribution in [-0.2, 0) is 9.84 Å². The zero-order valence-electron chi connectivity index (χ0n) is 9.34. The van der Waals surface area contributed by atoms with E-state index in [1.54, 1.807) is 20.8 Å². The highest BCUT2D eigenvalue weighted by molar-refractivity contribution is 7.92. The molecular weight excluding hydrogens is 198 g/mol. The van der Waals surface area contributed by atoms with Crippen LogP contribution in [0.15, 0.2) is 0 Å². The summed E-state index contributed by atoms with van der Waals surface area (Å²) < 4.78 is 23.2. The largest absolute Gasteiger partial charge is 0.317 e. The Kier molecular flexibility index (Phi) is 3.58. The Morgan fingerprint density at radius 1 is 1.21 bits per heavy atom. The quantitative estimate of drug-likeness (QED) is 0.759. The SMILES string of the molecule is CC(C)(C)S(=O)(=O)CC1CCNCC1. The minimum absolute atomic E-state index is 0.359. The predicted molar refractivity (Wildman–Crippen MR) is 59.1 cm³/mol. The van der Waals surface area contributed by atoms with Gasteiger partial charge in [-0.15, -0.1) is 0 Å². The van der Waals surface area contributed by atoms with Crippen molar-refractivity contribution in [1.29, 1.82) is 0 Å². The summed E-state index contributed by atoms with van der Waals surface area (Å²) in [7, 11) is -2.93. The van der Waals surface area contributed by atoms with E-state index in [-0.39, 0.29) is 0 Å². The van der Waals surface area contributed by atoms with E-state index in [1.807, 2.05) is 0 Å². The average Bonchev–Trinajstić information content (AvgIpc) is 2.03. The van der Waals surface area contributed by atoms with E-state index < -0.39 is 14.6 Å². The molecule has 14 heavy (non-hydrogen) atoms. The molecular formula is C10H21NO2S. The van der Waals surface area contributed by atoms with Gasteiger partial charge in [0.2, 0.25) is 0 Å². The number of piperidine rings is 1. The summed E-state index contributed by atoms with van der Waals surface area (Å²) >= 11 is 0. The van der Waals surface area contributed by atoms with Crippen molar-refractivity contribution in [2.24, 2.45) is 5.92 Å². The van der Waals surface area contributed by atoms with Crippen LogP contribution in [0.25, 0.3) is 0 Å². The molecule has 0 spiro atoms. The van der Waals surface area contributed by atoms with Gasteiger partial charge in [0.1, 0.15) is 0 Å². The monoisotopic (exact) mass is 219 g/mol. The fourth-order valence-electron chi connectivity index (χ4n) is 1.61. The maximum atomic E-state index is 11.9. The number of hydrogen-bond acceptors (Lipinski definition) is 3. The first-order valence-electron chi connectivity index (χ1n) is 5.26. The van der Waals surface area contributed by atoms with Crippen LogP contribution in [-0.4, -0.2) is 32.0 Å². The maximum absolute atomic E-state index is 11.9. The minimum Gasteiger partial charge on any atom is -0.317 e. The standard InChI is InChI=1S/C10H21NO2S/c1-10(2,3)14(12,13)8-9-4-6-11-7-5-9/h9,11H,4-8H2,1-3H3. The lowest BCUT2D eigenvalue weighted by molar-refractivity contribution is 0.398. The van der Waals surface area contributed by atoms with E-state index in [9.17, 15) is 8.42 Å². The molecule has 1 N–H and O–H groups in total. The van der Waals surface area contributed by atoms with E-state index in [0.717, 1.165) is 25.9 Å². The number of sulfone groups is 1. The Hall–Kier alpha value is -0.0900. The number of rotatable bonds is 2. The zero-order chi connectivity index (χ0) is 10.8. The molecule has 1 aliphatic heterocycles. The molecule has 1 rings (SSSR count). The molecule has 3 nitrogen and oxygen atoms in total. The normalized spacial score (nSPS) is 21.1. The molecule has 0 unspecified atom stereocenters. The fraction of sp³-hybridized carbons (Fsp3) is 1.00. The second-order valence-corrected chi connectivity index (χ2v) is 7.87. The molecule has 0 atom stereocenters. The summed E-state index contributed by atoms with van der Waals surface area (Å²) in [5, 5.41) is 3.24. The van der Waals surface area contributed by atoms with Crippen molar-refractivity contribution in [3.8, 4) is 0 Å². The molecule has 0 aromatic heterocycles. The van der Waals surface area contributed by atoms with Gasteiger partial charge in [0, 0.05) is 0 Å². The molecule has 0 aromatic carbocycles. The van der Waals surface area contributed by atoms with Crippen molar-refractivity contribution in [1.82, 2.24) is 5.32 Å².